The van der Waals surface area contributed by atoms with Crippen LogP contribution in [0.2, 0.25) is 0 Å². The predicted octanol–water partition coefficient (Wildman–Crippen LogP) is 1.59. The molecule has 1 amide bonds. The van der Waals surface area contributed by atoms with Gasteiger partial charge in [0.2, 0.25) is 5.91 Å². The van der Waals surface area contributed by atoms with Gasteiger partial charge in [-0.15, -0.1) is 11.3 Å². The highest BCUT2D eigenvalue weighted by atomic mass is 32.2. The van der Waals surface area contributed by atoms with Crippen LogP contribution in [0.3, 0.4) is 0 Å². The van der Waals surface area contributed by atoms with Gasteiger partial charge in [0.15, 0.2) is 0 Å². The van der Waals surface area contributed by atoms with Gasteiger partial charge in [0.25, 0.3) is 0 Å². The van der Waals surface area contributed by atoms with Crippen molar-refractivity contribution in [2.45, 2.75) is 24.9 Å². The molecule has 0 radical (unpaired) electrons. The molecule has 1 aromatic heterocycles. The van der Waals surface area contributed by atoms with Crippen LogP contribution in [0.15, 0.2) is 17.5 Å². The Balaban J connectivity index is 2.00. The summed E-state index contributed by atoms with van der Waals surface area (Å²) in [4.78, 5) is 12.8. The minimum absolute atomic E-state index is 0.204. The van der Waals surface area contributed by atoms with Gasteiger partial charge < -0.3 is 5.73 Å². The van der Waals surface area contributed by atoms with Gasteiger partial charge in [-0.1, -0.05) is 6.07 Å². The molecule has 0 aliphatic carbocycles. The van der Waals surface area contributed by atoms with Gasteiger partial charge in [0.05, 0.1) is 5.54 Å². The smallest absolute Gasteiger partial charge is 0.237 e. The van der Waals surface area contributed by atoms with E-state index in [0.29, 0.717) is 0 Å². The van der Waals surface area contributed by atoms with Gasteiger partial charge in [-0.25, -0.2) is 0 Å². The SMILES string of the molecule is NC(=O)C1(NCc2cccs2)CCSCC1. The summed E-state index contributed by atoms with van der Waals surface area (Å²) in [5.41, 5.74) is 5.06. The first-order valence-corrected chi connectivity index (χ1v) is 7.41. The summed E-state index contributed by atoms with van der Waals surface area (Å²) in [6.07, 6.45) is 1.69. The number of carbonyl (C=O) groups excluding carboxylic acids is 1. The lowest BCUT2D eigenvalue weighted by molar-refractivity contribution is -0.124. The minimum Gasteiger partial charge on any atom is -0.368 e. The summed E-state index contributed by atoms with van der Waals surface area (Å²) in [5.74, 6) is 1.82. The average Bonchev–Trinajstić information content (AvgIpc) is 2.80. The number of rotatable bonds is 4. The lowest BCUT2D eigenvalue weighted by Crippen LogP contribution is -2.57. The van der Waals surface area contributed by atoms with E-state index in [2.05, 4.69) is 11.4 Å². The van der Waals surface area contributed by atoms with Crippen molar-refractivity contribution in [3.63, 3.8) is 0 Å². The van der Waals surface area contributed by atoms with Gasteiger partial charge in [-0.2, -0.15) is 11.8 Å². The Morgan fingerprint density at radius 2 is 2.25 bits per heavy atom. The first kappa shape index (κ1) is 12.0. The van der Waals surface area contributed by atoms with Gasteiger partial charge in [-0.05, 0) is 35.8 Å². The molecule has 2 rings (SSSR count). The molecule has 1 aliphatic rings. The number of primary amides is 1. The Labute approximate surface area is 104 Å². The van der Waals surface area contributed by atoms with E-state index in [1.165, 1.54) is 4.88 Å². The molecule has 5 heteroatoms. The lowest BCUT2D eigenvalue weighted by atomic mass is 9.91. The van der Waals surface area contributed by atoms with Crippen molar-refractivity contribution in [1.82, 2.24) is 5.32 Å². The maximum absolute atomic E-state index is 11.6. The summed E-state index contributed by atoms with van der Waals surface area (Å²) < 4.78 is 0. The van der Waals surface area contributed by atoms with E-state index in [1.807, 2.05) is 23.2 Å². The van der Waals surface area contributed by atoms with Crippen LogP contribution >= 0.6 is 23.1 Å². The molecule has 3 nitrogen and oxygen atoms in total. The molecule has 0 atom stereocenters. The van der Waals surface area contributed by atoms with Gasteiger partial charge in [-0.3, -0.25) is 10.1 Å². The van der Waals surface area contributed by atoms with E-state index in [0.717, 1.165) is 30.9 Å². The number of hydrogen-bond donors (Lipinski definition) is 2. The number of nitrogens with one attached hydrogen (secondary N) is 1. The molecule has 0 spiro atoms. The van der Waals surface area contributed by atoms with Crippen LogP contribution in [-0.2, 0) is 11.3 Å². The molecule has 0 bridgehead atoms. The zero-order valence-electron chi connectivity index (χ0n) is 9.07. The van der Waals surface area contributed by atoms with Crippen molar-refractivity contribution in [2.75, 3.05) is 11.5 Å². The summed E-state index contributed by atoms with van der Waals surface area (Å²) >= 11 is 3.59. The average molecular weight is 256 g/mol. The molecule has 16 heavy (non-hydrogen) atoms. The number of carbonyl (C=O) groups is 1. The van der Waals surface area contributed by atoms with E-state index in [-0.39, 0.29) is 5.91 Å². The van der Waals surface area contributed by atoms with E-state index in [1.54, 1.807) is 11.3 Å². The standard InChI is InChI=1S/C11H16N2OS2/c12-10(14)11(3-6-15-7-4-11)13-8-9-2-1-5-16-9/h1-2,5,13H,3-4,6-8H2,(H2,12,14). The largest absolute Gasteiger partial charge is 0.368 e. The van der Waals surface area contributed by atoms with Crippen LogP contribution in [-0.4, -0.2) is 23.0 Å². The van der Waals surface area contributed by atoms with Crippen molar-refractivity contribution in [3.05, 3.63) is 22.4 Å². The molecule has 0 aromatic carbocycles. The molecule has 1 fully saturated rings. The Morgan fingerprint density at radius 1 is 1.50 bits per heavy atom. The zero-order chi connectivity index (χ0) is 11.4. The van der Waals surface area contributed by atoms with Crippen molar-refractivity contribution >= 4 is 29.0 Å². The van der Waals surface area contributed by atoms with Crippen LogP contribution < -0.4 is 11.1 Å². The van der Waals surface area contributed by atoms with E-state index >= 15 is 0 Å². The van der Waals surface area contributed by atoms with Crippen LogP contribution in [0.1, 0.15) is 17.7 Å². The molecular weight excluding hydrogens is 240 g/mol. The first-order chi connectivity index (χ1) is 7.73. The maximum Gasteiger partial charge on any atom is 0.237 e. The minimum atomic E-state index is -0.477. The van der Waals surface area contributed by atoms with E-state index in [4.69, 9.17) is 5.73 Å². The van der Waals surface area contributed by atoms with Crippen LogP contribution in [0.25, 0.3) is 0 Å². The fourth-order valence-corrected chi connectivity index (χ4v) is 3.73. The van der Waals surface area contributed by atoms with Crippen LogP contribution in [0.5, 0.6) is 0 Å². The Hall–Kier alpha value is -0.520. The van der Waals surface area contributed by atoms with Gasteiger partial charge >= 0.3 is 0 Å². The molecule has 88 valence electrons. The number of thioether (sulfide) groups is 1. The quantitative estimate of drug-likeness (QED) is 0.860. The second-order valence-electron chi connectivity index (χ2n) is 3.99. The van der Waals surface area contributed by atoms with Crippen LogP contribution in [0, 0.1) is 0 Å². The van der Waals surface area contributed by atoms with Gasteiger partial charge in [0.1, 0.15) is 0 Å². The summed E-state index contributed by atoms with van der Waals surface area (Å²) in [6.45, 7) is 0.741. The lowest BCUT2D eigenvalue weighted by Gasteiger charge is -2.34. The number of amides is 1. The Morgan fingerprint density at radius 3 is 2.81 bits per heavy atom. The fourth-order valence-electron chi connectivity index (χ4n) is 1.90. The molecular formula is C11H16N2OS2. The first-order valence-electron chi connectivity index (χ1n) is 5.38. The Bertz CT molecular complexity index is 345. The third kappa shape index (κ3) is 2.59. The van der Waals surface area contributed by atoms with Gasteiger partial charge in [0, 0.05) is 11.4 Å². The fraction of sp³-hybridized carbons (Fsp3) is 0.545. The summed E-state index contributed by atoms with van der Waals surface area (Å²) in [6, 6.07) is 4.10. The Kier molecular flexibility index (Phi) is 3.89. The zero-order valence-corrected chi connectivity index (χ0v) is 10.7. The molecule has 0 unspecified atom stereocenters. The number of nitrogens with two attached hydrogens (primary N) is 1. The topological polar surface area (TPSA) is 55.1 Å². The molecule has 1 aromatic rings. The van der Waals surface area contributed by atoms with Crippen molar-refractivity contribution < 1.29 is 4.79 Å². The highest BCUT2D eigenvalue weighted by Crippen LogP contribution is 2.27. The summed E-state index contributed by atoms with van der Waals surface area (Å²) in [7, 11) is 0. The third-order valence-corrected chi connectivity index (χ3v) is 4.86. The predicted molar refractivity (Wildman–Crippen MR) is 69.6 cm³/mol. The second kappa shape index (κ2) is 5.21. The molecule has 2 heterocycles. The van der Waals surface area contributed by atoms with E-state index in [9.17, 15) is 4.79 Å². The molecule has 1 saturated heterocycles. The number of thiophene rings is 1. The molecule has 0 saturated carbocycles. The maximum atomic E-state index is 11.6. The van der Waals surface area contributed by atoms with Crippen molar-refractivity contribution in [2.24, 2.45) is 5.73 Å². The summed E-state index contributed by atoms with van der Waals surface area (Å²) in [5, 5.41) is 5.41. The normalized spacial score (nSPS) is 19.5. The molecule has 1 aliphatic heterocycles. The highest BCUT2D eigenvalue weighted by Gasteiger charge is 2.37. The van der Waals surface area contributed by atoms with Crippen molar-refractivity contribution in [3.8, 4) is 0 Å². The van der Waals surface area contributed by atoms with E-state index < -0.39 is 5.54 Å². The number of hydrogen-bond acceptors (Lipinski definition) is 4. The highest BCUT2D eigenvalue weighted by molar-refractivity contribution is 7.99. The second-order valence-corrected chi connectivity index (χ2v) is 6.25. The van der Waals surface area contributed by atoms with Crippen molar-refractivity contribution in [1.29, 1.82) is 0 Å². The molecule has 3 N–H and O–H groups in total. The van der Waals surface area contributed by atoms with Crippen LogP contribution in [0.4, 0.5) is 0 Å². The third-order valence-electron chi connectivity index (χ3n) is 3.00. The monoisotopic (exact) mass is 256 g/mol.